The van der Waals surface area contributed by atoms with Gasteiger partial charge < -0.3 is 14.2 Å². The third-order valence-corrected chi connectivity index (χ3v) is 3.79. The number of benzene rings is 1. The topological polar surface area (TPSA) is 40.6 Å². The van der Waals surface area contributed by atoms with Crippen LogP contribution < -0.4 is 14.2 Å². The van der Waals surface area contributed by atoms with Crippen LogP contribution >= 0.6 is 0 Å². The Bertz CT molecular complexity index is 728. The zero-order valence-corrected chi connectivity index (χ0v) is 13.8. The summed E-state index contributed by atoms with van der Waals surface area (Å²) < 4.78 is 40.3. The van der Waals surface area contributed by atoms with Crippen LogP contribution in [0.2, 0.25) is 0 Å². The molecule has 1 aromatic heterocycles. The fraction of sp³-hybridized carbons (Fsp3) is 0.316. The number of aromatic nitrogens is 1. The third kappa shape index (κ3) is 5.17. The Morgan fingerprint density at radius 1 is 1.12 bits per heavy atom. The van der Waals surface area contributed by atoms with E-state index < -0.39 is 6.61 Å². The van der Waals surface area contributed by atoms with E-state index in [0.29, 0.717) is 24.2 Å². The maximum atomic E-state index is 12.5. The SMILES string of the molecule is COc1ccc(C=Cc2ccc(OC(F)F)c(OCC3CC3)c2)cn1. The molecule has 0 atom stereocenters. The lowest BCUT2D eigenvalue weighted by Crippen LogP contribution is -2.06. The maximum absolute atomic E-state index is 12.5. The van der Waals surface area contributed by atoms with Crippen LogP contribution in [0.3, 0.4) is 0 Å². The molecule has 1 aliphatic carbocycles. The molecule has 25 heavy (non-hydrogen) atoms. The standard InChI is InChI=1S/C19H19F2NO3/c1-23-18-9-7-14(11-22-18)3-2-13-6-8-16(25-19(20)21)17(10-13)24-12-15-4-5-15/h2-3,6-11,15,19H,4-5,12H2,1H3. The number of alkyl halides is 2. The van der Waals surface area contributed by atoms with Crippen molar-refractivity contribution in [3.8, 4) is 17.4 Å². The summed E-state index contributed by atoms with van der Waals surface area (Å²) in [5.41, 5.74) is 1.72. The first-order chi connectivity index (χ1) is 12.1. The van der Waals surface area contributed by atoms with Crippen LogP contribution in [0.15, 0.2) is 36.5 Å². The number of nitrogens with zero attached hydrogens (tertiary/aromatic N) is 1. The largest absolute Gasteiger partial charge is 0.489 e. The number of rotatable bonds is 8. The van der Waals surface area contributed by atoms with E-state index in [4.69, 9.17) is 9.47 Å². The number of pyridine rings is 1. The zero-order valence-electron chi connectivity index (χ0n) is 13.8. The van der Waals surface area contributed by atoms with E-state index in [-0.39, 0.29) is 5.75 Å². The summed E-state index contributed by atoms with van der Waals surface area (Å²) in [7, 11) is 1.56. The molecule has 0 aliphatic heterocycles. The molecule has 2 aromatic rings. The molecule has 0 radical (unpaired) electrons. The van der Waals surface area contributed by atoms with Crippen LogP contribution in [0.25, 0.3) is 12.2 Å². The van der Waals surface area contributed by atoms with Crippen LogP contribution in [-0.4, -0.2) is 25.3 Å². The normalized spacial score (nSPS) is 14.1. The second-order valence-electron chi connectivity index (χ2n) is 5.81. The van der Waals surface area contributed by atoms with Gasteiger partial charge in [-0.05, 0) is 48.1 Å². The highest BCUT2D eigenvalue weighted by atomic mass is 19.3. The molecule has 1 aromatic carbocycles. The third-order valence-electron chi connectivity index (χ3n) is 3.79. The van der Waals surface area contributed by atoms with E-state index in [0.717, 1.165) is 24.0 Å². The molecule has 1 saturated carbocycles. The molecule has 0 amide bonds. The summed E-state index contributed by atoms with van der Waals surface area (Å²) in [5.74, 6) is 1.45. The van der Waals surface area contributed by atoms with Gasteiger partial charge in [-0.1, -0.05) is 18.2 Å². The van der Waals surface area contributed by atoms with E-state index in [1.807, 2.05) is 18.2 Å². The average molecular weight is 347 g/mol. The van der Waals surface area contributed by atoms with Crippen molar-refractivity contribution in [3.05, 3.63) is 47.7 Å². The van der Waals surface area contributed by atoms with Gasteiger partial charge in [-0.15, -0.1) is 0 Å². The van der Waals surface area contributed by atoms with Crippen LogP contribution in [-0.2, 0) is 0 Å². The predicted octanol–water partition coefficient (Wildman–Crippen LogP) is 4.65. The van der Waals surface area contributed by atoms with Gasteiger partial charge in [0, 0.05) is 12.3 Å². The number of ether oxygens (including phenoxy) is 3. The second-order valence-corrected chi connectivity index (χ2v) is 5.81. The van der Waals surface area contributed by atoms with Gasteiger partial charge in [0.1, 0.15) is 0 Å². The molecule has 1 fully saturated rings. The summed E-state index contributed by atoms with van der Waals surface area (Å²) in [6.07, 6.45) is 7.66. The van der Waals surface area contributed by atoms with Crippen LogP contribution in [0.4, 0.5) is 8.78 Å². The van der Waals surface area contributed by atoms with Crippen LogP contribution in [0.1, 0.15) is 24.0 Å². The fourth-order valence-corrected chi connectivity index (χ4v) is 2.23. The molecule has 6 heteroatoms. The highest BCUT2D eigenvalue weighted by Crippen LogP contribution is 2.34. The molecule has 0 saturated heterocycles. The Morgan fingerprint density at radius 2 is 1.88 bits per heavy atom. The maximum Gasteiger partial charge on any atom is 0.387 e. The van der Waals surface area contributed by atoms with E-state index >= 15 is 0 Å². The van der Waals surface area contributed by atoms with Gasteiger partial charge in [-0.25, -0.2) is 4.98 Å². The Hall–Kier alpha value is -2.63. The van der Waals surface area contributed by atoms with Gasteiger partial charge in [-0.2, -0.15) is 8.78 Å². The first kappa shape index (κ1) is 17.2. The van der Waals surface area contributed by atoms with Crippen LogP contribution in [0, 0.1) is 5.92 Å². The lowest BCUT2D eigenvalue weighted by molar-refractivity contribution is -0.0515. The fourth-order valence-electron chi connectivity index (χ4n) is 2.23. The van der Waals surface area contributed by atoms with E-state index in [1.165, 1.54) is 6.07 Å². The number of hydrogen-bond acceptors (Lipinski definition) is 4. The molecular formula is C19H19F2NO3. The van der Waals surface area contributed by atoms with Crippen molar-refractivity contribution < 1.29 is 23.0 Å². The molecule has 3 rings (SSSR count). The number of methoxy groups -OCH3 is 1. The molecule has 132 valence electrons. The second kappa shape index (κ2) is 7.96. The summed E-state index contributed by atoms with van der Waals surface area (Å²) in [5, 5.41) is 0. The van der Waals surface area contributed by atoms with Crippen LogP contribution in [0.5, 0.6) is 17.4 Å². The molecule has 4 nitrogen and oxygen atoms in total. The van der Waals surface area contributed by atoms with E-state index in [2.05, 4.69) is 9.72 Å². The Labute approximate surface area is 145 Å². The highest BCUT2D eigenvalue weighted by Gasteiger charge is 2.23. The summed E-state index contributed by atoms with van der Waals surface area (Å²) >= 11 is 0. The Morgan fingerprint density at radius 3 is 2.52 bits per heavy atom. The lowest BCUT2D eigenvalue weighted by Gasteiger charge is -2.12. The van der Waals surface area contributed by atoms with Gasteiger partial charge in [-0.3, -0.25) is 0 Å². The van der Waals surface area contributed by atoms with Crippen molar-refractivity contribution in [1.82, 2.24) is 4.98 Å². The molecule has 0 unspecified atom stereocenters. The van der Waals surface area contributed by atoms with Gasteiger partial charge in [0.25, 0.3) is 0 Å². The number of halogens is 2. The minimum absolute atomic E-state index is 0.0546. The first-order valence-corrected chi connectivity index (χ1v) is 8.04. The number of hydrogen-bond donors (Lipinski definition) is 0. The quantitative estimate of drug-likeness (QED) is 0.697. The lowest BCUT2D eigenvalue weighted by atomic mass is 10.1. The van der Waals surface area contributed by atoms with Gasteiger partial charge in [0.05, 0.1) is 13.7 Å². The summed E-state index contributed by atoms with van der Waals surface area (Å²) in [6.45, 7) is -2.36. The van der Waals surface area contributed by atoms with Crippen molar-refractivity contribution in [2.24, 2.45) is 5.92 Å². The average Bonchev–Trinajstić information content (AvgIpc) is 3.44. The van der Waals surface area contributed by atoms with Gasteiger partial charge >= 0.3 is 6.61 Å². The monoisotopic (exact) mass is 347 g/mol. The predicted molar refractivity (Wildman–Crippen MR) is 91.0 cm³/mol. The summed E-state index contributed by atoms with van der Waals surface area (Å²) in [4.78, 5) is 4.13. The molecule has 0 N–H and O–H groups in total. The van der Waals surface area contributed by atoms with Crippen molar-refractivity contribution in [3.63, 3.8) is 0 Å². The minimum Gasteiger partial charge on any atom is -0.489 e. The molecule has 1 aliphatic rings. The van der Waals surface area contributed by atoms with Gasteiger partial charge in [0.15, 0.2) is 11.5 Å². The van der Waals surface area contributed by atoms with Crippen molar-refractivity contribution in [2.75, 3.05) is 13.7 Å². The Balaban J connectivity index is 1.74. The minimum atomic E-state index is -2.88. The van der Waals surface area contributed by atoms with Crippen molar-refractivity contribution in [2.45, 2.75) is 19.5 Å². The molecule has 0 spiro atoms. The van der Waals surface area contributed by atoms with Crippen molar-refractivity contribution >= 4 is 12.2 Å². The zero-order chi connectivity index (χ0) is 17.6. The molecular weight excluding hydrogens is 328 g/mol. The van der Waals surface area contributed by atoms with E-state index in [9.17, 15) is 8.78 Å². The highest BCUT2D eigenvalue weighted by molar-refractivity contribution is 5.70. The first-order valence-electron chi connectivity index (χ1n) is 8.04. The molecule has 0 bridgehead atoms. The smallest absolute Gasteiger partial charge is 0.387 e. The van der Waals surface area contributed by atoms with Gasteiger partial charge in [0.2, 0.25) is 5.88 Å². The summed E-state index contributed by atoms with van der Waals surface area (Å²) in [6, 6.07) is 8.55. The van der Waals surface area contributed by atoms with Crippen molar-refractivity contribution in [1.29, 1.82) is 0 Å². The van der Waals surface area contributed by atoms with E-state index in [1.54, 1.807) is 31.5 Å². The Kier molecular flexibility index (Phi) is 5.48. The molecule has 1 heterocycles.